The van der Waals surface area contributed by atoms with E-state index in [0.29, 0.717) is 0 Å². The van der Waals surface area contributed by atoms with Gasteiger partial charge in [-0.05, 0) is 42.3 Å². The van der Waals surface area contributed by atoms with Crippen LogP contribution < -0.4 is 0 Å². The minimum atomic E-state index is -4.80. The maximum Gasteiger partial charge on any atom is 0.420 e. The lowest BCUT2D eigenvalue weighted by Gasteiger charge is -2.13. The number of alkyl halides is 7. The van der Waals surface area contributed by atoms with Gasteiger partial charge in [-0.2, -0.15) is 26.3 Å². The predicted octanol–water partition coefficient (Wildman–Crippen LogP) is 6.30. The van der Waals surface area contributed by atoms with Gasteiger partial charge in [0.15, 0.2) is 9.84 Å². The van der Waals surface area contributed by atoms with Crippen LogP contribution in [0.5, 0.6) is 0 Å². The third-order valence-electron chi connectivity index (χ3n) is 5.42. The maximum absolute atomic E-state index is 14.0. The summed E-state index contributed by atoms with van der Waals surface area (Å²) in [6.45, 7) is 0. The second-order valence-electron chi connectivity index (χ2n) is 7.81. The molecule has 1 aromatic heterocycles. The van der Waals surface area contributed by atoms with Gasteiger partial charge in [0, 0.05) is 12.4 Å². The summed E-state index contributed by atoms with van der Waals surface area (Å²) in [6.07, 6.45) is -7.26. The Morgan fingerprint density at radius 1 is 0.917 bits per heavy atom. The molecular weight excluding hydrogens is 532 g/mol. The van der Waals surface area contributed by atoms with Crippen LogP contribution in [0.4, 0.5) is 26.3 Å². The molecule has 2 aromatic rings. The summed E-state index contributed by atoms with van der Waals surface area (Å²) in [5.41, 5.74) is -2.63. The number of pyridine rings is 2. The number of halogens is 7. The second kappa shape index (κ2) is 9.40. The number of fused-ring (bicyclic) bond motifs is 1. The van der Waals surface area contributed by atoms with Crippen LogP contribution in [0.15, 0.2) is 65.8 Å². The van der Waals surface area contributed by atoms with Crippen molar-refractivity contribution >= 4 is 21.4 Å². The topological polar surface area (TPSA) is 64.8 Å². The van der Waals surface area contributed by atoms with Crippen LogP contribution in [-0.4, -0.2) is 28.7 Å². The molecule has 190 valence electrons. The summed E-state index contributed by atoms with van der Waals surface area (Å²) >= 11 is 5.79. The van der Waals surface area contributed by atoms with Crippen molar-refractivity contribution in [3.63, 3.8) is 0 Å². The van der Waals surface area contributed by atoms with Crippen LogP contribution >= 0.6 is 11.6 Å². The van der Waals surface area contributed by atoms with E-state index in [1.165, 1.54) is 35.0 Å². The van der Waals surface area contributed by atoms with Crippen molar-refractivity contribution in [1.82, 2.24) is 14.5 Å². The molecule has 1 aromatic carbocycles. The van der Waals surface area contributed by atoms with Crippen LogP contribution in [0.3, 0.4) is 0 Å². The largest absolute Gasteiger partial charge is 0.420 e. The van der Waals surface area contributed by atoms with Gasteiger partial charge in [0.2, 0.25) is 0 Å². The van der Waals surface area contributed by atoms with Gasteiger partial charge in [-0.15, -0.1) is 11.6 Å². The molecule has 2 aliphatic rings. The molecule has 0 fully saturated rings. The zero-order valence-electron chi connectivity index (χ0n) is 18.1. The quantitative estimate of drug-likeness (QED) is 0.210. The Hall–Kier alpha value is -3.12. The van der Waals surface area contributed by atoms with E-state index in [2.05, 4.69) is 9.97 Å². The summed E-state index contributed by atoms with van der Waals surface area (Å²) in [6, 6.07) is 9.16. The number of hydrogen-bond acceptors (Lipinski definition) is 4. The fourth-order valence-electron chi connectivity index (χ4n) is 3.72. The molecule has 0 radical (unpaired) electrons. The highest BCUT2D eigenvalue weighted by Gasteiger charge is 2.41. The van der Waals surface area contributed by atoms with E-state index >= 15 is 0 Å². The van der Waals surface area contributed by atoms with Crippen LogP contribution in [0, 0.1) is 0 Å². The highest BCUT2D eigenvalue weighted by molar-refractivity contribution is 7.91. The van der Waals surface area contributed by atoms with Crippen molar-refractivity contribution < 1.29 is 34.8 Å². The highest BCUT2D eigenvalue weighted by Crippen LogP contribution is 2.44. The zero-order valence-corrected chi connectivity index (χ0v) is 19.7. The van der Waals surface area contributed by atoms with Crippen molar-refractivity contribution in [1.29, 1.82) is 0 Å². The lowest BCUT2D eigenvalue weighted by atomic mass is 10.1. The molecule has 0 saturated carbocycles. The summed E-state index contributed by atoms with van der Waals surface area (Å²) in [5.74, 6) is -0.516. The lowest BCUT2D eigenvalue weighted by molar-refractivity contribution is -0.138. The number of rotatable bonds is 6. The average molecular weight is 548 g/mol. The van der Waals surface area contributed by atoms with Gasteiger partial charge in [-0.3, -0.25) is 4.98 Å². The van der Waals surface area contributed by atoms with Gasteiger partial charge >= 0.3 is 12.4 Å². The number of aryl methyl sites for hydroxylation is 1. The van der Waals surface area contributed by atoms with E-state index in [1.54, 1.807) is 0 Å². The lowest BCUT2D eigenvalue weighted by Crippen LogP contribution is -2.12. The molecule has 0 saturated heterocycles. The fourth-order valence-corrected chi connectivity index (χ4v) is 5.15. The minimum Gasteiger partial charge on any atom is -0.331 e. The van der Waals surface area contributed by atoms with Crippen LogP contribution in [0.2, 0.25) is 0 Å². The monoisotopic (exact) mass is 547 g/mol. The Bertz CT molecular complexity index is 1460. The summed E-state index contributed by atoms with van der Waals surface area (Å²) in [5, 5.41) is 0. The van der Waals surface area contributed by atoms with Gasteiger partial charge in [0.05, 0.1) is 39.3 Å². The van der Waals surface area contributed by atoms with E-state index in [-0.39, 0.29) is 40.0 Å². The normalized spacial score (nSPS) is 12.9. The Kier molecular flexibility index (Phi) is 6.78. The van der Waals surface area contributed by atoms with Gasteiger partial charge in [-0.25, -0.2) is 13.4 Å². The fraction of sp³-hybridized carbons (Fsp3) is 0.217. The summed E-state index contributed by atoms with van der Waals surface area (Å²) < 4.78 is 107. The number of sulfone groups is 1. The number of nitrogens with zero attached hydrogens (tertiary/aromatic N) is 3. The zero-order chi connectivity index (χ0) is 26.3. The Morgan fingerprint density at radius 2 is 1.67 bits per heavy atom. The molecule has 0 unspecified atom stereocenters. The molecule has 5 nitrogen and oxygen atoms in total. The molecule has 4 rings (SSSR count). The van der Waals surface area contributed by atoms with Crippen molar-refractivity contribution in [3.8, 4) is 22.8 Å². The van der Waals surface area contributed by atoms with E-state index < -0.39 is 44.8 Å². The van der Waals surface area contributed by atoms with Crippen LogP contribution in [-0.2, 0) is 34.6 Å². The first-order chi connectivity index (χ1) is 16.8. The highest BCUT2D eigenvalue weighted by atomic mass is 35.5. The van der Waals surface area contributed by atoms with Crippen molar-refractivity contribution in [2.24, 2.45) is 0 Å². The van der Waals surface area contributed by atoms with Crippen LogP contribution in [0.1, 0.15) is 16.7 Å². The Balaban J connectivity index is 1.63. The second-order valence-corrected chi connectivity index (χ2v) is 10.2. The van der Waals surface area contributed by atoms with Crippen molar-refractivity contribution in [2.75, 3.05) is 5.75 Å². The van der Waals surface area contributed by atoms with Gasteiger partial charge in [0.1, 0.15) is 11.3 Å². The number of aromatic nitrogens is 3. The minimum absolute atomic E-state index is 0.0417. The number of benzene rings is 1. The Morgan fingerprint density at radius 3 is 2.28 bits per heavy atom. The maximum atomic E-state index is 14.0. The molecule has 0 bridgehead atoms. The predicted molar refractivity (Wildman–Crippen MR) is 120 cm³/mol. The van der Waals surface area contributed by atoms with Gasteiger partial charge in [0.25, 0.3) is 0 Å². The van der Waals surface area contributed by atoms with E-state index in [4.69, 9.17) is 11.6 Å². The van der Waals surface area contributed by atoms with Gasteiger partial charge < -0.3 is 4.57 Å². The molecule has 0 N–H and O–H groups in total. The van der Waals surface area contributed by atoms with Crippen LogP contribution in [0.25, 0.3) is 22.8 Å². The molecule has 36 heavy (non-hydrogen) atoms. The first-order valence-corrected chi connectivity index (χ1v) is 12.5. The Labute approximate surface area is 206 Å². The molecule has 0 aliphatic carbocycles. The van der Waals surface area contributed by atoms with E-state index in [0.717, 1.165) is 30.5 Å². The average Bonchev–Trinajstić information content (AvgIpc) is 3.23. The third kappa shape index (κ3) is 5.19. The SMILES string of the molecule is O=S(=O)(CCc1cccc(C(F)(F)F)c1)c1ccc(-c2nc3cccn(CCl)c-3c2C(F)(F)F)nc1. The smallest absolute Gasteiger partial charge is 0.331 e. The van der Waals surface area contributed by atoms with Crippen molar-refractivity contribution in [2.45, 2.75) is 29.7 Å². The third-order valence-corrected chi connectivity index (χ3v) is 7.38. The molecule has 3 heterocycles. The molecular formula is C23H16ClF6N3O2S. The van der Waals surface area contributed by atoms with E-state index in [9.17, 15) is 34.8 Å². The first-order valence-electron chi connectivity index (χ1n) is 10.3. The number of hydrogen-bond donors (Lipinski definition) is 0. The molecule has 0 spiro atoms. The summed E-state index contributed by atoms with van der Waals surface area (Å²) in [7, 11) is -3.99. The molecule has 2 aliphatic heterocycles. The van der Waals surface area contributed by atoms with E-state index in [1.807, 2.05) is 0 Å². The summed E-state index contributed by atoms with van der Waals surface area (Å²) in [4.78, 5) is 7.68. The molecule has 13 heteroatoms. The molecule has 0 amide bonds. The molecule has 0 atom stereocenters. The van der Waals surface area contributed by atoms with Crippen molar-refractivity contribution in [3.05, 3.63) is 77.6 Å². The standard InChI is InChI=1S/C23H16ClF6N3O2S/c24-13-33-9-2-5-18-21(33)19(23(28,29)30)20(32-18)17-7-6-16(12-31-17)36(34,35)10-8-14-3-1-4-15(11-14)22(25,26)27/h1-7,9,11-12H,8,10,13H2. The van der Waals surface area contributed by atoms with Gasteiger partial charge in [-0.1, -0.05) is 18.2 Å². The first kappa shape index (κ1) is 26.0.